The number of unbranched alkanes of at least 4 members (excludes halogenated alkanes) is 1. The Bertz CT molecular complexity index is 755. The maximum absolute atomic E-state index is 12.7. The number of carbonyl (C=O) groups excluding carboxylic acids is 2. The summed E-state index contributed by atoms with van der Waals surface area (Å²) in [7, 11) is 1.81. The van der Waals surface area contributed by atoms with Crippen LogP contribution in [0.25, 0.3) is 10.8 Å². The van der Waals surface area contributed by atoms with Crippen LogP contribution in [0.5, 0.6) is 0 Å². The molecular weight excluding hydrogens is 324 g/mol. The smallest absolute Gasteiger partial charge is 0.245 e. The maximum Gasteiger partial charge on any atom is 0.245 e. The van der Waals surface area contributed by atoms with E-state index in [1.165, 1.54) is 0 Å². The molecule has 2 amide bonds. The van der Waals surface area contributed by atoms with Crippen molar-refractivity contribution in [1.82, 2.24) is 10.2 Å². The molecule has 0 saturated carbocycles. The number of nitrogens with one attached hydrogen (secondary N) is 1. The normalized spacial score (nSPS) is 12.2. The van der Waals surface area contributed by atoms with Gasteiger partial charge in [-0.1, -0.05) is 69.7 Å². The van der Waals surface area contributed by atoms with Crippen LogP contribution in [0, 0.1) is 5.92 Å². The monoisotopic (exact) mass is 354 g/mol. The Morgan fingerprint density at radius 1 is 1.08 bits per heavy atom. The van der Waals surface area contributed by atoms with Crippen molar-refractivity contribution in [1.29, 1.82) is 0 Å². The molecule has 0 radical (unpaired) electrons. The zero-order valence-corrected chi connectivity index (χ0v) is 16.3. The molecule has 1 N–H and O–H groups in total. The van der Waals surface area contributed by atoms with Gasteiger partial charge in [-0.2, -0.15) is 0 Å². The van der Waals surface area contributed by atoms with Gasteiger partial charge in [0.25, 0.3) is 0 Å². The van der Waals surface area contributed by atoms with Gasteiger partial charge in [-0.3, -0.25) is 9.59 Å². The van der Waals surface area contributed by atoms with Crippen molar-refractivity contribution in [3.8, 4) is 0 Å². The molecule has 0 heterocycles. The van der Waals surface area contributed by atoms with Crippen molar-refractivity contribution in [3.05, 3.63) is 48.0 Å². The molecule has 0 bridgehead atoms. The molecule has 1 atom stereocenters. The quantitative estimate of drug-likeness (QED) is 0.784. The van der Waals surface area contributed by atoms with Gasteiger partial charge < -0.3 is 10.2 Å². The molecule has 2 rings (SSSR count). The minimum Gasteiger partial charge on any atom is -0.344 e. The van der Waals surface area contributed by atoms with Gasteiger partial charge in [0.1, 0.15) is 6.04 Å². The number of rotatable bonds is 8. The van der Waals surface area contributed by atoms with Crippen LogP contribution >= 0.6 is 0 Å². The minimum atomic E-state index is -0.482. The molecule has 0 unspecified atom stereocenters. The maximum atomic E-state index is 12.7. The van der Waals surface area contributed by atoms with Crippen molar-refractivity contribution in [2.75, 3.05) is 13.6 Å². The van der Waals surface area contributed by atoms with E-state index in [0.29, 0.717) is 0 Å². The highest BCUT2D eigenvalue weighted by Crippen LogP contribution is 2.16. The first-order valence-electron chi connectivity index (χ1n) is 9.44. The molecule has 2 aromatic rings. The van der Waals surface area contributed by atoms with Crippen LogP contribution < -0.4 is 5.32 Å². The average molecular weight is 354 g/mol. The van der Waals surface area contributed by atoms with E-state index >= 15 is 0 Å². The summed E-state index contributed by atoms with van der Waals surface area (Å²) in [5.41, 5.74) is 0.954. The van der Waals surface area contributed by atoms with Gasteiger partial charge in [0.05, 0.1) is 6.42 Å². The minimum absolute atomic E-state index is 0.0136. The number of likely N-dealkylation sites (N-methyl/N-ethyl adjacent to an activating group) is 1. The molecule has 26 heavy (non-hydrogen) atoms. The summed E-state index contributed by atoms with van der Waals surface area (Å²) in [6.07, 6.45) is 2.29. The van der Waals surface area contributed by atoms with Gasteiger partial charge in [0, 0.05) is 13.6 Å². The van der Waals surface area contributed by atoms with E-state index < -0.39 is 6.04 Å². The third kappa shape index (κ3) is 5.32. The van der Waals surface area contributed by atoms with Gasteiger partial charge in [-0.05, 0) is 28.7 Å². The molecule has 4 nitrogen and oxygen atoms in total. The van der Waals surface area contributed by atoms with E-state index in [-0.39, 0.29) is 24.2 Å². The third-order valence-electron chi connectivity index (χ3n) is 4.65. The Balaban J connectivity index is 2.03. The van der Waals surface area contributed by atoms with Crippen LogP contribution in [-0.2, 0) is 16.0 Å². The second kappa shape index (κ2) is 9.37. The van der Waals surface area contributed by atoms with Gasteiger partial charge in [0.2, 0.25) is 11.8 Å². The summed E-state index contributed by atoms with van der Waals surface area (Å²) >= 11 is 0. The lowest BCUT2D eigenvalue weighted by Crippen LogP contribution is -2.50. The van der Waals surface area contributed by atoms with E-state index in [4.69, 9.17) is 0 Å². The molecule has 0 spiro atoms. The Morgan fingerprint density at radius 3 is 2.42 bits per heavy atom. The van der Waals surface area contributed by atoms with Crippen LogP contribution in [0.2, 0.25) is 0 Å². The number of hydrogen-bond donors (Lipinski definition) is 1. The van der Waals surface area contributed by atoms with Crippen LogP contribution in [0.3, 0.4) is 0 Å². The van der Waals surface area contributed by atoms with Crippen LogP contribution in [-0.4, -0.2) is 36.3 Å². The molecule has 0 saturated heterocycles. The Hall–Kier alpha value is -2.36. The van der Waals surface area contributed by atoms with E-state index in [1.807, 2.05) is 57.3 Å². The molecule has 0 aliphatic rings. The van der Waals surface area contributed by atoms with Crippen molar-refractivity contribution < 1.29 is 9.59 Å². The lowest BCUT2D eigenvalue weighted by Gasteiger charge is -2.27. The van der Waals surface area contributed by atoms with Crippen LogP contribution in [0.1, 0.15) is 39.2 Å². The van der Waals surface area contributed by atoms with Crippen LogP contribution in [0.15, 0.2) is 42.5 Å². The fourth-order valence-corrected chi connectivity index (χ4v) is 3.02. The summed E-state index contributed by atoms with van der Waals surface area (Å²) in [6.45, 7) is 6.75. The first-order chi connectivity index (χ1) is 12.4. The third-order valence-corrected chi connectivity index (χ3v) is 4.65. The number of hydrogen-bond acceptors (Lipinski definition) is 2. The van der Waals surface area contributed by atoms with E-state index in [0.717, 1.165) is 35.7 Å². The Kier molecular flexibility index (Phi) is 7.19. The number of carbonyl (C=O) groups is 2. The van der Waals surface area contributed by atoms with Gasteiger partial charge >= 0.3 is 0 Å². The van der Waals surface area contributed by atoms with Crippen molar-refractivity contribution in [2.45, 2.75) is 46.1 Å². The van der Waals surface area contributed by atoms with Gasteiger partial charge in [0.15, 0.2) is 0 Å². The predicted molar refractivity (Wildman–Crippen MR) is 107 cm³/mol. The van der Waals surface area contributed by atoms with Crippen molar-refractivity contribution in [3.63, 3.8) is 0 Å². The number of benzene rings is 2. The molecule has 0 aliphatic heterocycles. The first kappa shape index (κ1) is 20.0. The summed E-state index contributed by atoms with van der Waals surface area (Å²) in [6, 6.07) is 13.6. The molecule has 0 aromatic heterocycles. The molecule has 2 aromatic carbocycles. The SMILES string of the molecule is CCCCN(C)C(=O)[C@H](NC(=O)Cc1ccc2ccccc2c1)C(C)C. The lowest BCUT2D eigenvalue weighted by atomic mass is 10.0. The fourth-order valence-electron chi connectivity index (χ4n) is 3.02. The average Bonchev–Trinajstić information content (AvgIpc) is 2.63. The van der Waals surface area contributed by atoms with Gasteiger partial charge in [-0.25, -0.2) is 0 Å². The molecule has 0 aliphatic carbocycles. The zero-order valence-electron chi connectivity index (χ0n) is 16.3. The van der Waals surface area contributed by atoms with Crippen molar-refractivity contribution >= 4 is 22.6 Å². The summed E-state index contributed by atoms with van der Waals surface area (Å²) in [5.74, 6) is -0.0799. The van der Waals surface area contributed by atoms with Crippen LogP contribution in [0.4, 0.5) is 0 Å². The molecular formula is C22H30N2O2. The summed E-state index contributed by atoms with van der Waals surface area (Å²) in [5, 5.41) is 5.22. The second-order valence-corrected chi connectivity index (χ2v) is 7.26. The van der Waals surface area contributed by atoms with Gasteiger partial charge in [-0.15, -0.1) is 0 Å². The first-order valence-corrected chi connectivity index (χ1v) is 9.44. The fraction of sp³-hybridized carbons (Fsp3) is 0.455. The Morgan fingerprint density at radius 2 is 1.77 bits per heavy atom. The predicted octanol–water partition coefficient (Wildman–Crippen LogP) is 3.78. The van der Waals surface area contributed by atoms with E-state index in [9.17, 15) is 9.59 Å². The molecule has 140 valence electrons. The number of nitrogens with zero attached hydrogens (tertiary/aromatic N) is 1. The number of amides is 2. The zero-order chi connectivity index (χ0) is 19.1. The second-order valence-electron chi connectivity index (χ2n) is 7.26. The highest BCUT2D eigenvalue weighted by atomic mass is 16.2. The topological polar surface area (TPSA) is 49.4 Å². The standard InChI is InChI=1S/C22H30N2O2/c1-5-6-13-24(4)22(26)21(16(2)3)23-20(25)15-17-11-12-18-9-7-8-10-19(18)14-17/h7-12,14,16,21H,5-6,13,15H2,1-4H3,(H,23,25)/t21-/m1/s1. The molecule has 0 fully saturated rings. The summed E-state index contributed by atoms with van der Waals surface area (Å²) in [4.78, 5) is 26.9. The molecule has 4 heteroatoms. The highest BCUT2D eigenvalue weighted by Gasteiger charge is 2.26. The van der Waals surface area contributed by atoms with Crippen molar-refractivity contribution in [2.24, 2.45) is 5.92 Å². The summed E-state index contributed by atoms with van der Waals surface area (Å²) < 4.78 is 0. The van der Waals surface area contributed by atoms with E-state index in [2.05, 4.69) is 18.3 Å². The lowest BCUT2D eigenvalue weighted by molar-refractivity contribution is -0.136. The number of fused-ring (bicyclic) bond motifs is 1. The highest BCUT2D eigenvalue weighted by molar-refractivity contribution is 5.89. The Labute approximate surface area is 156 Å². The largest absolute Gasteiger partial charge is 0.344 e. The van der Waals surface area contributed by atoms with E-state index in [1.54, 1.807) is 4.90 Å².